The predicted octanol–water partition coefficient (Wildman–Crippen LogP) is 2.33. The second-order valence-electron chi connectivity index (χ2n) is 5.94. The minimum Gasteiger partial charge on any atom is -0.326 e. The van der Waals surface area contributed by atoms with Gasteiger partial charge in [-0.25, -0.2) is 12.8 Å². The zero-order valence-electron chi connectivity index (χ0n) is 13.8. The van der Waals surface area contributed by atoms with E-state index >= 15 is 0 Å². The summed E-state index contributed by atoms with van der Waals surface area (Å²) >= 11 is 0. The van der Waals surface area contributed by atoms with Crippen LogP contribution in [-0.4, -0.2) is 26.5 Å². The first-order valence-corrected chi connectivity index (χ1v) is 9.62. The van der Waals surface area contributed by atoms with Crippen LogP contribution < -0.4 is 15.4 Å². The number of nitrogens with one attached hydrogen (secondary N) is 3. The van der Waals surface area contributed by atoms with E-state index in [1.54, 1.807) is 18.2 Å². The van der Waals surface area contributed by atoms with Crippen molar-refractivity contribution in [1.82, 2.24) is 0 Å². The SMILES string of the molecule is CS(=O)(=O)Nc1cc(NC(=O)c2ccc3c(c2)CCC(=O)N3)ccc1F. The zero-order valence-corrected chi connectivity index (χ0v) is 14.6. The zero-order chi connectivity index (χ0) is 18.9. The quantitative estimate of drug-likeness (QED) is 0.761. The van der Waals surface area contributed by atoms with E-state index in [1.165, 1.54) is 12.1 Å². The van der Waals surface area contributed by atoms with E-state index in [0.29, 0.717) is 24.1 Å². The van der Waals surface area contributed by atoms with E-state index < -0.39 is 21.7 Å². The molecule has 0 spiro atoms. The topological polar surface area (TPSA) is 104 Å². The van der Waals surface area contributed by atoms with Gasteiger partial charge in [0.1, 0.15) is 5.82 Å². The van der Waals surface area contributed by atoms with Crippen molar-refractivity contribution in [2.75, 3.05) is 21.6 Å². The molecule has 0 saturated carbocycles. The van der Waals surface area contributed by atoms with Crippen molar-refractivity contribution in [2.45, 2.75) is 12.8 Å². The summed E-state index contributed by atoms with van der Waals surface area (Å²) in [5.41, 5.74) is 1.91. The molecule has 0 atom stereocenters. The van der Waals surface area contributed by atoms with Crippen LogP contribution in [0, 0.1) is 5.82 Å². The summed E-state index contributed by atoms with van der Waals surface area (Å²) in [6.07, 6.45) is 1.81. The third-order valence-corrected chi connectivity index (χ3v) is 4.37. The summed E-state index contributed by atoms with van der Waals surface area (Å²) in [5, 5.41) is 5.33. The molecule has 0 radical (unpaired) electrons. The predicted molar refractivity (Wildman–Crippen MR) is 96.2 cm³/mol. The lowest BCUT2D eigenvalue weighted by Gasteiger charge is -2.17. The van der Waals surface area contributed by atoms with E-state index in [1.807, 2.05) is 0 Å². The first-order chi connectivity index (χ1) is 12.2. The fourth-order valence-corrected chi connectivity index (χ4v) is 3.16. The molecular formula is C17H16FN3O4S. The number of rotatable bonds is 4. The number of carbonyl (C=O) groups is 2. The van der Waals surface area contributed by atoms with Crippen LogP contribution >= 0.6 is 0 Å². The molecule has 0 aliphatic carbocycles. The average molecular weight is 377 g/mol. The van der Waals surface area contributed by atoms with E-state index in [2.05, 4.69) is 15.4 Å². The number of sulfonamides is 1. The molecule has 0 saturated heterocycles. The number of aryl methyl sites for hydroxylation is 1. The molecule has 136 valence electrons. The molecule has 7 nitrogen and oxygen atoms in total. The van der Waals surface area contributed by atoms with Gasteiger partial charge in [-0.15, -0.1) is 0 Å². The molecule has 9 heteroatoms. The van der Waals surface area contributed by atoms with Gasteiger partial charge >= 0.3 is 0 Å². The highest BCUT2D eigenvalue weighted by atomic mass is 32.2. The van der Waals surface area contributed by atoms with Crippen LogP contribution in [0.5, 0.6) is 0 Å². The number of hydrogen-bond acceptors (Lipinski definition) is 4. The minimum atomic E-state index is -3.65. The summed E-state index contributed by atoms with van der Waals surface area (Å²) in [6.45, 7) is 0. The highest BCUT2D eigenvalue weighted by molar-refractivity contribution is 7.92. The number of carbonyl (C=O) groups excluding carboxylic acids is 2. The van der Waals surface area contributed by atoms with Crippen molar-refractivity contribution in [1.29, 1.82) is 0 Å². The number of halogens is 1. The molecule has 1 aliphatic rings. The average Bonchev–Trinajstić information content (AvgIpc) is 2.56. The second-order valence-corrected chi connectivity index (χ2v) is 7.69. The van der Waals surface area contributed by atoms with Gasteiger partial charge in [0.05, 0.1) is 11.9 Å². The van der Waals surface area contributed by atoms with Gasteiger partial charge in [0.2, 0.25) is 15.9 Å². The number of fused-ring (bicyclic) bond motifs is 1. The molecule has 0 bridgehead atoms. The standard InChI is InChI=1S/C17H16FN3O4S/c1-26(24,25)21-15-9-12(4-5-13(15)18)19-17(23)11-2-6-14-10(8-11)3-7-16(22)20-14/h2,4-6,8-9,21H,3,7H2,1H3,(H,19,23)(H,20,22). The minimum absolute atomic E-state index is 0.0630. The summed E-state index contributed by atoms with van der Waals surface area (Å²) in [7, 11) is -3.65. The second kappa shape index (κ2) is 6.75. The Morgan fingerprint density at radius 1 is 1.15 bits per heavy atom. The molecule has 2 aromatic rings. The van der Waals surface area contributed by atoms with Gasteiger partial charge in [-0.05, 0) is 48.4 Å². The first kappa shape index (κ1) is 17.9. The Morgan fingerprint density at radius 3 is 2.65 bits per heavy atom. The van der Waals surface area contributed by atoms with Crippen LogP contribution in [0.1, 0.15) is 22.3 Å². The lowest BCUT2D eigenvalue weighted by molar-refractivity contribution is -0.116. The van der Waals surface area contributed by atoms with Gasteiger partial charge in [-0.3, -0.25) is 14.3 Å². The Kier molecular flexibility index (Phi) is 4.64. The van der Waals surface area contributed by atoms with Crippen LogP contribution in [0.25, 0.3) is 0 Å². The van der Waals surface area contributed by atoms with E-state index in [0.717, 1.165) is 17.9 Å². The maximum Gasteiger partial charge on any atom is 0.255 e. The molecule has 2 amide bonds. The molecular weight excluding hydrogens is 361 g/mol. The third-order valence-electron chi connectivity index (χ3n) is 3.78. The van der Waals surface area contributed by atoms with Crippen LogP contribution in [0.2, 0.25) is 0 Å². The monoisotopic (exact) mass is 377 g/mol. The van der Waals surface area contributed by atoms with Gasteiger partial charge in [-0.2, -0.15) is 0 Å². The fourth-order valence-electron chi connectivity index (χ4n) is 2.61. The smallest absolute Gasteiger partial charge is 0.255 e. The van der Waals surface area contributed by atoms with Crippen LogP contribution in [-0.2, 0) is 21.2 Å². The Bertz CT molecular complexity index is 1010. The molecule has 1 heterocycles. The Hall–Kier alpha value is -2.94. The van der Waals surface area contributed by atoms with E-state index in [4.69, 9.17) is 0 Å². The maximum atomic E-state index is 13.7. The van der Waals surface area contributed by atoms with Crippen molar-refractivity contribution in [3.05, 3.63) is 53.3 Å². The molecule has 26 heavy (non-hydrogen) atoms. The lowest BCUT2D eigenvalue weighted by atomic mass is 10.00. The molecule has 0 unspecified atom stereocenters. The summed E-state index contributed by atoms with van der Waals surface area (Å²) in [5.74, 6) is -1.24. The molecule has 0 aromatic heterocycles. The Labute approximate surface area is 149 Å². The fraction of sp³-hybridized carbons (Fsp3) is 0.176. The van der Waals surface area contributed by atoms with Gasteiger partial charge in [0.25, 0.3) is 5.91 Å². The molecule has 2 aromatic carbocycles. The first-order valence-electron chi connectivity index (χ1n) is 7.73. The summed E-state index contributed by atoms with van der Waals surface area (Å²) < 4.78 is 38.3. The highest BCUT2D eigenvalue weighted by Gasteiger charge is 2.17. The molecule has 0 fully saturated rings. The normalized spacial score (nSPS) is 13.5. The van der Waals surface area contributed by atoms with E-state index in [9.17, 15) is 22.4 Å². The van der Waals surface area contributed by atoms with Crippen molar-refractivity contribution < 1.29 is 22.4 Å². The summed E-state index contributed by atoms with van der Waals surface area (Å²) in [4.78, 5) is 23.8. The largest absolute Gasteiger partial charge is 0.326 e. The van der Waals surface area contributed by atoms with Gasteiger partial charge < -0.3 is 10.6 Å². The van der Waals surface area contributed by atoms with Crippen molar-refractivity contribution in [3.8, 4) is 0 Å². The number of benzene rings is 2. The number of hydrogen-bond donors (Lipinski definition) is 3. The van der Waals surface area contributed by atoms with Crippen LogP contribution in [0.4, 0.5) is 21.5 Å². The molecule has 3 N–H and O–H groups in total. The van der Waals surface area contributed by atoms with Crippen LogP contribution in [0.15, 0.2) is 36.4 Å². The van der Waals surface area contributed by atoms with Crippen molar-refractivity contribution in [3.63, 3.8) is 0 Å². The summed E-state index contributed by atoms with van der Waals surface area (Å²) in [6, 6.07) is 8.50. The Balaban J connectivity index is 1.80. The van der Waals surface area contributed by atoms with E-state index in [-0.39, 0.29) is 17.3 Å². The van der Waals surface area contributed by atoms with Crippen molar-refractivity contribution in [2.24, 2.45) is 0 Å². The van der Waals surface area contributed by atoms with Gasteiger partial charge in [0.15, 0.2) is 0 Å². The number of amides is 2. The maximum absolute atomic E-state index is 13.7. The van der Waals surface area contributed by atoms with Crippen molar-refractivity contribution >= 4 is 38.9 Å². The lowest BCUT2D eigenvalue weighted by Crippen LogP contribution is -2.20. The Morgan fingerprint density at radius 2 is 1.92 bits per heavy atom. The van der Waals surface area contributed by atoms with Crippen LogP contribution in [0.3, 0.4) is 0 Å². The van der Waals surface area contributed by atoms with Gasteiger partial charge in [0, 0.05) is 23.4 Å². The third kappa shape index (κ3) is 4.17. The molecule has 1 aliphatic heterocycles. The molecule has 3 rings (SSSR count). The number of anilines is 3. The highest BCUT2D eigenvalue weighted by Crippen LogP contribution is 2.25. The van der Waals surface area contributed by atoms with Gasteiger partial charge in [-0.1, -0.05) is 0 Å².